The number of rotatable bonds is 3. The second-order valence-corrected chi connectivity index (χ2v) is 6.90. The lowest BCUT2D eigenvalue weighted by Crippen LogP contribution is -2.27. The molecule has 0 bridgehead atoms. The molecule has 2 rings (SSSR count). The maximum atomic E-state index is 11.8. The van der Waals surface area contributed by atoms with Gasteiger partial charge >= 0.3 is 6.09 Å². The van der Waals surface area contributed by atoms with Gasteiger partial charge in [-0.25, -0.2) is 4.79 Å². The molecule has 0 radical (unpaired) electrons. The number of hydrogen-bond donors (Lipinski definition) is 2. The summed E-state index contributed by atoms with van der Waals surface area (Å²) < 4.78 is 5.23. The van der Waals surface area contributed by atoms with Crippen molar-refractivity contribution in [3.05, 3.63) is 29.3 Å². The van der Waals surface area contributed by atoms with E-state index in [1.807, 2.05) is 19.1 Å². The average molecular weight is 320 g/mol. The number of hydrogen-bond acceptors (Lipinski definition) is 4. The second kappa shape index (κ2) is 6.58. The van der Waals surface area contributed by atoms with Gasteiger partial charge in [-0.1, -0.05) is 6.07 Å². The van der Waals surface area contributed by atoms with Crippen molar-refractivity contribution in [3.8, 4) is 0 Å². The summed E-state index contributed by atoms with van der Waals surface area (Å²) in [5.41, 5.74) is 2.01. The molecule has 1 aliphatic rings. The minimum atomic E-state index is -0.592. The number of ether oxygens (including phenoxy) is 1. The number of carbonyl (C=O) groups excluding carboxylic acids is 2. The van der Waals surface area contributed by atoms with Gasteiger partial charge in [-0.15, -0.1) is 0 Å². The van der Waals surface area contributed by atoms with E-state index in [4.69, 9.17) is 4.74 Å². The first-order valence-electron chi connectivity index (χ1n) is 7.69. The number of aliphatic hydroxyl groups is 1. The van der Waals surface area contributed by atoms with Gasteiger partial charge in [-0.05, 0) is 51.0 Å². The van der Waals surface area contributed by atoms with Crippen molar-refractivity contribution in [2.24, 2.45) is 0 Å². The first-order chi connectivity index (χ1) is 10.6. The number of benzene rings is 1. The molecule has 2 N–H and O–H groups in total. The molecule has 1 aliphatic heterocycles. The molecule has 1 saturated heterocycles. The molecule has 1 heterocycles. The Morgan fingerprint density at radius 1 is 1.43 bits per heavy atom. The average Bonchev–Trinajstić information content (AvgIpc) is 2.69. The minimum Gasteiger partial charge on any atom is -0.444 e. The maximum Gasteiger partial charge on any atom is 0.412 e. The Morgan fingerprint density at radius 3 is 2.70 bits per heavy atom. The van der Waals surface area contributed by atoms with Crippen LogP contribution in [0.15, 0.2) is 18.2 Å². The molecule has 23 heavy (non-hydrogen) atoms. The van der Waals surface area contributed by atoms with E-state index in [-0.39, 0.29) is 12.3 Å². The van der Waals surface area contributed by atoms with Crippen LogP contribution in [-0.2, 0) is 16.1 Å². The molecule has 1 fully saturated rings. The van der Waals surface area contributed by atoms with E-state index < -0.39 is 17.8 Å². The maximum absolute atomic E-state index is 11.8. The number of amides is 2. The predicted molar refractivity (Wildman–Crippen MR) is 87.1 cm³/mol. The lowest BCUT2D eigenvalue weighted by atomic mass is 10.1. The number of aryl methyl sites for hydroxylation is 1. The summed E-state index contributed by atoms with van der Waals surface area (Å²) in [5.74, 6) is -0.0533. The molecule has 1 aromatic rings. The Bertz CT molecular complexity index is 607. The van der Waals surface area contributed by atoms with Crippen LogP contribution in [-0.4, -0.2) is 40.3 Å². The van der Waals surface area contributed by atoms with Crippen LogP contribution < -0.4 is 5.32 Å². The highest BCUT2D eigenvalue weighted by Gasteiger charge is 2.28. The van der Waals surface area contributed by atoms with Gasteiger partial charge in [0, 0.05) is 18.8 Å². The van der Waals surface area contributed by atoms with Gasteiger partial charge in [0.1, 0.15) is 5.60 Å². The summed E-state index contributed by atoms with van der Waals surface area (Å²) in [6.45, 7) is 8.13. The fourth-order valence-corrected chi connectivity index (χ4v) is 2.45. The van der Waals surface area contributed by atoms with Crippen LogP contribution in [0.25, 0.3) is 0 Å². The first kappa shape index (κ1) is 17.3. The van der Waals surface area contributed by atoms with Gasteiger partial charge < -0.3 is 14.7 Å². The SMILES string of the molecule is Cc1ccc(NC(=O)OC(C)(C)C)cc1CN1CC(O)CC1=O. The van der Waals surface area contributed by atoms with Gasteiger partial charge in [0.05, 0.1) is 12.5 Å². The van der Waals surface area contributed by atoms with Gasteiger partial charge in [0.25, 0.3) is 0 Å². The topological polar surface area (TPSA) is 78.9 Å². The molecule has 1 atom stereocenters. The second-order valence-electron chi connectivity index (χ2n) is 6.90. The lowest BCUT2D eigenvalue weighted by Gasteiger charge is -2.21. The largest absolute Gasteiger partial charge is 0.444 e. The molecule has 0 saturated carbocycles. The fourth-order valence-electron chi connectivity index (χ4n) is 2.45. The smallest absolute Gasteiger partial charge is 0.412 e. The van der Waals surface area contributed by atoms with Crippen LogP contribution >= 0.6 is 0 Å². The zero-order valence-corrected chi connectivity index (χ0v) is 14.0. The van der Waals surface area contributed by atoms with Crippen molar-refractivity contribution in [1.29, 1.82) is 0 Å². The minimum absolute atomic E-state index is 0.0533. The summed E-state index contributed by atoms with van der Waals surface area (Å²) in [4.78, 5) is 25.3. The summed E-state index contributed by atoms with van der Waals surface area (Å²) in [5, 5.41) is 12.3. The van der Waals surface area contributed by atoms with Crippen molar-refractivity contribution in [2.45, 2.75) is 52.4 Å². The fraction of sp³-hybridized carbons (Fsp3) is 0.529. The Morgan fingerprint density at radius 2 is 2.13 bits per heavy atom. The lowest BCUT2D eigenvalue weighted by molar-refractivity contribution is -0.128. The zero-order chi connectivity index (χ0) is 17.2. The third-order valence-corrected chi connectivity index (χ3v) is 3.55. The predicted octanol–water partition coefficient (Wildman–Crippen LogP) is 2.44. The highest BCUT2D eigenvalue weighted by atomic mass is 16.6. The Balaban J connectivity index is 2.07. The van der Waals surface area contributed by atoms with Gasteiger partial charge in [-0.2, -0.15) is 0 Å². The van der Waals surface area contributed by atoms with E-state index in [2.05, 4.69) is 5.32 Å². The van der Waals surface area contributed by atoms with Crippen LogP contribution in [0.3, 0.4) is 0 Å². The molecule has 0 aliphatic carbocycles. The van der Waals surface area contributed by atoms with Gasteiger partial charge in [-0.3, -0.25) is 10.1 Å². The number of aliphatic hydroxyl groups excluding tert-OH is 1. The summed E-state index contributed by atoms with van der Waals surface area (Å²) in [6, 6.07) is 5.51. The molecular formula is C17H24N2O4. The third-order valence-electron chi connectivity index (χ3n) is 3.55. The molecule has 2 amide bonds. The normalized spacial score (nSPS) is 18.2. The summed E-state index contributed by atoms with van der Waals surface area (Å²) >= 11 is 0. The van der Waals surface area contributed by atoms with E-state index in [0.29, 0.717) is 18.8 Å². The Kier molecular flexibility index (Phi) is 4.94. The van der Waals surface area contributed by atoms with E-state index in [9.17, 15) is 14.7 Å². The Labute approximate surface area is 136 Å². The highest BCUT2D eigenvalue weighted by molar-refractivity contribution is 5.85. The number of likely N-dealkylation sites (tertiary alicyclic amines) is 1. The molecule has 126 valence electrons. The molecule has 6 nitrogen and oxygen atoms in total. The van der Waals surface area contributed by atoms with Crippen LogP contribution in [0.5, 0.6) is 0 Å². The zero-order valence-electron chi connectivity index (χ0n) is 14.0. The highest BCUT2D eigenvalue weighted by Crippen LogP contribution is 2.21. The molecular weight excluding hydrogens is 296 g/mol. The number of nitrogens with one attached hydrogen (secondary N) is 1. The quantitative estimate of drug-likeness (QED) is 0.896. The van der Waals surface area contributed by atoms with E-state index in [1.54, 1.807) is 31.7 Å². The van der Waals surface area contributed by atoms with Crippen molar-refractivity contribution in [2.75, 3.05) is 11.9 Å². The van der Waals surface area contributed by atoms with Crippen LogP contribution in [0.2, 0.25) is 0 Å². The number of β-amino-alcohol motifs (C(OH)–C–C–N with tert-alkyl or cyclic N) is 1. The number of nitrogens with zero attached hydrogens (tertiary/aromatic N) is 1. The van der Waals surface area contributed by atoms with Crippen LogP contribution in [0.1, 0.15) is 38.3 Å². The first-order valence-corrected chi connectivity index (χ1v) is 7.69. The standard InChI is InChI=1S/C17H24N2O4/c1-11-5-6-13(18-16(22)23-17(2,3)4)7-12(11)9-19-10-14(20)8-15(19)21/h5-7,14,20H,8-10H2,1-4H3,(H,18,22). The summed E-state index contributed by atoms with van der Waals surface area (Å²) in [7, 11) is 0. The number of carbonyl (C=O) groups is 2. The molecule has 1 aromatic carbocycles. The monoisotopic (exact) mass is 320 g/mol. The number of anilines is 1. The van der Waals surface area contributed by atoms with Gasteiger partial charge in [0.15, 0.2) is 0 Å². The third kappa shape index (κ3) is 4.96. The Hall–Kier alpha value is -2.08. The van der Waals surface area contributed by atoms with Crippen LogP contribution in [0.4, 0.5) is 10.5 Å². The van der Waals surface area contributed by atoms with Crippen molar-refractivity contribution >= 4 is 17.7 Å². The van der Waals surface area contributed by atoms with Gasteiger partial charge in [0.2, 0.25) is 5.91 Å². The van der Waals surface area contributed by atoms with Crippen LogP contribution in [0, 0.1) is 6.92 Å². The van der Waals surface area contributed by atoms with Crippen molar-refractivity contribution in [1.82, 2.24) is 4.90 Å². The van der Waals surface area contributed by atoms with Crippen molar-refractivity contribution < 1.29 is 19.4 Å². The van der Waals surface area contributed by atoms with Crippen molar-refractivity contribution in [3.63, 3.8) is 0 Å². The molecule has 6 heteroatoms. The molecule has 0 aromatic heterocycles. The van der Waals surface area contributed by atoms with E-state index >= 15 is 0 Å². The van der Waals surface area contributed by atoms with E-state index in [0.717, 1.165) is 11.1 Å². The molecule has 0 spiro atoms. The van der Waals surface area contributed by atoms with E-state index in [1.165, 1.54) is 0 Å². The summed E-state index contributed by atoms with van der Waals surface area (Å²) in [6.07, 6.45) is -0.930. The molecule has 1 unspecified atom stereocenters.